The molecule has 1 heterocycles. The Morgan fingerprint density at radius 1 is 1.26 bits per heavy atom. The molecule has 128 valence electrons. The van der Waals surface area contributed by atoms with E-state index >= 15 is 0 Å². The van der Waals surface area contributed by atoms with Crippen molar-refractivity contribution in [3.05, 3.63) is 28.8 Å². The van der Waals surface area contributed by atoms with Gasteiger partial charge in [0.05, 0.1) is 23.7 Å². The van der Waals surface area contributed by atoms with Crippen LogP contribution in [0.25, 0.3) is 0 Å². The van der Waals surface area contributed by atoms with Gasteiger partial charge in [0.25, 0.3) is 0 Å². The lowest BCUT2D eigenvalue weighted by Crippen LogP contribution is -2.57. The molecule has 0 spiro atoms. The Hall–Kier alpha value is -1.63. The number of amides is 1. The molecule has 1 aliphatic heterocycles. The van der Waals surface area contributed by atoms with E-state index in [1.807, 2.05) is 0 Å². The van der Waals surface area contributed by atoms with Crippen LogP contribution in [0.4, 0.5) is 18.0 Å². The molecule has 8 heteroatoms. The van der Waals surface area contributed by atoms with Crippen molar-refractivity contribution in [2.24, 2.45) is 0 Å². The van der Waals surface area contributed by atoms with Crippen LogP contribution in [0.15, 0.2) is 18.2 Å². The Morgan fingerprint density at radius 3 is 2.35 bits per heavy atom. The predicted molar refractivity (Wildman–Crippen MR) is 78.7 cm³/mol. The number of hydrogen-bond acceptors (Lipinski definition) is 3. The summed E-state index contributed by atoms with van der Waals surface area (Å²) < 4.78 is 48.5. The van der Waals surface area contributed by atoms with Gasteiger partial charge in [-0.25, -0.2) is 4.79 Å². The number of nitrogens with zero attached hydrogens (tertiary/aromatic N) is 1. The van der Waals surface area contributed by atoms with Crippen LogP contribution < -0.4 is 4.74 Å². The van der Waals surface area contributed by atoms with Gasteiger partial charge in [0, 0.05) is 0 Å². The topological polar surface area (TPSA) is 38.8 Å². The number of carbonyl (C=O) groups excluding carboxylic acids is 1. The first-order valence-electron chi connectivity index (χ1n) is 6.97. The number of ether oxygens (including phenoxy) is 2. The summed E-state index contributed by atoms with van der Waals surface area (Å²) in [7, 11) is 0. The largest absolute Gasteiger partial charge is 0.487 e. The highest BCUT2D eigenvalue weighted by molar-refractivity contribution is 6.31. The third-order valence-electron chi connectivity index (χ3n) is 3.05. The quantitative estimate of drug-likeness (QED) is 0.794. The Bertz CT molecular complexity index is 593. The number of rotatable bonds is 2. The number of likely N-dealkylation sites (tertiary alicyclic amines) is 1. The summed E-state index contributed by atoms with van der Waals surface area (Å²) in [5.41, 5.74) is -1.49. The number of carbonyl (C=O) groups is 1. The van der Waals surface area contributed by atoms with Crippen LogP contribution >= 0.6 is 11.6 Å². The van der Waals surface area contributed by atoms with E-state index in [1.165, 1.54) is 11.0 Å². The molecule has 0 aliphatic carbocycles. The van der Waals surface area contributed by atoms with E-state index in [2.05, 4.69) is 0 Å². The first kappa shape index (κ1) is 17.7. The monoisotopic (exact) mass is 351 g/mol. The Morgan fingerprint density at radius 2 is 1.87 bits per heavy atom. The van der Waals surface area contributed by atoms with E-state index in [0.717, 1.165) is 12.1 Å². The van der Waals surface area contributed by atoms with Gasteiger partial charge >= 0.3 is 12.3 Å². The van der Waals surface area contributed by atoms with Crippen molar-refractivity contribution in [1.29, 1.82) is 0 Å². The highest BCUT2D eigenvalue weighted by atomic mass is 35.5. The second-order valence-electron chi connectivity index (χ2n) is 6.26. The summed E-state index contributed by atoms with van der Waals surface area (Å²) >= 11 is 5.63. The van der Waals surface area contributed by atoms with Crippen LogP contribution in [0.2, 0.25) is 5.02 Å². The van der Waals surface area contributed by atoms with Crippen molar-refractivity contribution in [2.45, 2.75) is 38.7 Å². The van der Waals surface area contributed by atoms with Crippen LogP contribution in [0.3, 0.4) is 0 Å². The minimum absolute atomic E-state index is 0.233. The van der Waals surface area contributed by atoms with E-state index in [0.29, 0.717) is 13.1 Å². The molecule has 0 aromatic heterocycles. The van der Waals surface area contributed by atoms with Crippen molar-refractivity contribution in [1.82, 2.24) is 4.90 Å². The van der Waals surface area contributed by atoms with Crippen LogP contribution in [0, 0.1) is 0 Å². The van der Waals surface area contributed by atoms with Crippen LogP contribution in [0.1, 0.15) is 26.3 Å². The summed E-state index contributed by atoms with van der Waals surface area (Å²) in [6.07, 6.45) is -5.24. The SMILES string of the molecule is CC(C)(C)OC(=O)N1CC(Oc2ccc(C(F)(F)F)c(Cl)c2)C1. The minimum atomic E-state index is -4.50. The van der Waals surface area contributed by atoms with Gasteiger partial charge in [0.1, 0.15) is 17.5 Å². The minimum Gasteiger partial charge on any atom is -0.487 e. The summed E-state index contributed by atoms with van der Waals surface area (Å²) in [6, 6.07) is 3.22. The maximum Gasteiger partial charge on any atom is 0.417 e. The molecule has 0 N–H and O–H groups in total. The molecule has 4 nitrogen and oxygen atoms in total. The maximum absolute atomic E-state index is 12.6. The average molecular weight is 352 g/mol. The first-order valence-corrected chi connectivity index (χ1v) is 7.35. The second-order valence-corrected chi connectivity index (χ2v) is 6.67. The first-order chi connectivity index (χ1) is 10.5. The van der Waals surface area contributed by atoms with Gasteiger partial charge in [-0.15, -0.1) is 0 Å². The second kappa shape index (κ2) is 6.11. The lowest BCUT2D eigenvalue weighted by molar-refractivity contribution is -0.137. The van der Waals surface area contributed by atoms with E-state index in [9.17, 15) is 18.0 Å². The van der Waals surface area contributed by atoms with Crippen LogP contribution in [-0.2, 0) is 10.9 Å². The summed E-state index contributed by atoms with van der Waals surface area (Å²) in [5, 5.41) is -0.418. The van der Waals surface area contributed by atoms with Crippen LogP contribution in [0.5, 0.6) is 5.75 Å². The normalized spacial score (nSPS) is 16.0. The van der Waals surface area contributed by atoms with E-state index in [-0.39, 0.29) is 11.9 Å². The summed E-state index contributed by atoms with van der Waals surface area (Å²) in [5.74, 6) is 0.233. The zero-order valence-electron chi connectivity index (χ0n) is 12.9. The van der Waals surface area contributed by atoms with Crippen molar-refractivity contribution >= 4 is 17.7 Å². The lowest BCUT2D eigenvalue weighted by atomic mass is 10.1. The molecule has 1 saturated heterocycles. The number of alkyl halides is 3. The third kappa shape index (κ3) is 4.67. The molecule has 0 radical (unpaired) electrons. The zero-order valence-corrected chi connectivity index (χ0v) is 13.7. The van der Waals surface area contributed by atoms with E-state index in [1.54, 1.807) is 20.8 Å². The summed E-state index contributed by atoms with van der Waals surface area (Å²) in [4.78, 5) is 13.2. The molecule has 1 aromatic rings. The molecule has 2 rings (SSSR count). The number of hydrogen-bond donors (Lipinski definition) is 0. The van der Waals surface area contributed by atoms with E-state index < -0.39 is 28.5 Å². The molecule has 0 unspecified atom stereocenters. The molecule has 0 atom stereocenters. The molecule has 1 aliphatic rings. The highest BCUT2D eigenvalue weighted by Crippen LogP contribution is 2.36. The highest BCUT2D eigenvalue weighted by Gasteiger charge is 2.36. The van der Waals surface area contributed by atoms with Crippen LogP contribution in [-0.4, -0.2) is 35.8 Å². The lowest BCUT2D eigenvalue weighted by Gasteiger charge is -2.39. The van der Waals surface area contributed by atoms with Gasteiger partial charge in [0.2, 0.25) is 0 Å². The fraction of sp³-hybridized carbons (Fsp3) is 0.533. The van der Waals surface area contributed by atoms with Gasteiger partial charge < -0.3 is 14.4 Å². The van der Waals surface area contributed by atoms with E-state index in [4.69, 9.17) is 21.1 Å². The summed E-state index contributed by atoms with van der Waals surface area (Å²) in [6.45, 7) is 5.93. The molecular weight excluding hydrogens is 335 g/mol. The Kier molecular flexibility index (Phi) is 4.71. The van der Waals surface area contributed by atoms with Gasteiger partial charge in [-0.05, 0) is 39.0 Å². The van der Waals surface area contributed by atoms with Crippen molar-refractivity contribution in [3.63, 3.8) is 0 Å². The smallest absolute Gasteiger partial charge is 0.417 e. The molecule has 1 fully saturated rings. The fourth-order valence-corrected chi connectivity index (χ4v) is 2.26. The van der Waals surface area contributed by atoms with Gasteiger partial charge in [-0.1, -0.05) is 11.6 Å². The van der Waals surface area contributed by atoms with Gasteiger partial charge in [-0.2, -0.15) is 13.2 Å². The van der Waals surface area contributed by atoms with Gasteiger partial charge in [-0.3, -0.25) is 0 Å². The Labute approximate surface area is 137 Å². The van der Waals surface area contributed by atoms with Crippen molar-refractivity contribution < 1.29 is 27.4 Å². The maximum atomic E-state index is 12.6. The molecule has 0 saturated carbocycles. The van der Waals surface area contributed by atoms with Crippen molar-refractivity contribution in [3.8, 4) is 5.75 Å². The number of halogens is 4. The molecule has 1 amide bonds. The fourth-order valence-electron chi connectivity index (χ4n) is 1.98. The van der Waals surface area contributed by atoms with Crippen molar-refractivity contribution in [2.75, 3.05) is 13.1 Å². The molecule has 1 aromatic carbocycles. The third-order valence-corrected chi connectivity index (χ3v) is 3.36. The number of benzene rings is 1. The molecule has 0 bridgehead atoms. The van der Waals surface area contributed by atoms with Gasteiger partial charge in [0.15, 0.2) is 0 Å². The molecular formula is C15H17ClF3NO3. The zero-order chi connectivity index (χ0) is 17.4. The average Bonchev–Trinajstić information content (AvgIpc) is 2.29. The standard InChI is InChI=1S/C15H17ClF3NO3/c1-14(2,3)23-13(21)20-7-10(8-20)22-9-4-5-11(12(16)6-9)15(17,18)19/h4-6,10H,7-8H2,1-3H3. The molecule has 23 heavy (non-hydrogen) atoms. The predicted octanol–water partition coefficient (Wildman–Crippen LogP) is 4.36. The Balaban J connectivity index is 1.89.